The number of ketones is 1. The predicted octanol–water partition coefficient (Wildman–Crippen LogP) is 2.13. The fourth-order valence-electron chi connectivity index (χ4n) is 2.30. The van der Waals surface area contributed by atoms with Crippen LogP contribution in [0, 0.1) is 0 Å². The smallest absolute Gasteiger partial charge is 0.387 e. The van der Waals surface area contributed by atoms with E-state index in [-0.39, 0.29) is 27.4 Å². The Bertz CT molecular complexity index is 1120. The molecule has 0 amide bonds. The summed E-state index contributed by atoms with van der Waals surface area (Å²) >= 11 is 0.995. The number of carbonyl (C=O) groups is 1. The summed E-state index contributed by atoms with van der Waals surface area (Å²) in [7, 11) is 1.32. The van der Waals surface area contributed by atoms with Crippen LogP contribution in [0.3, 0.4) is 0 Å². The van der Waals surface area contributed by atoms with E-state index in [0.717, 1.165) is 11.3 Å². The van der Waals surface area contributed by atoms with E-state index in [2.05, 4.69) is 9.72 Å². The lowest BCUT2D eigenvalue weighted by Gasteiger charge is -2.12. The molecule has 0 aliphatic rings. The second-order valence-electron chi connectivity index (χ2n) is 5.17. The molecule has 3 rings (SSSR count). The lowest BCUT2D eigenvalue weighted by molar-refractivity contribution is -0.0513. The van der Waals surface area contributed by atoms with Gasteiger partial charge in [-0.2, -0.15) is 8.78 Å². The molecule has 2 aromatic heterocycles. The maximum absolute atomic E-state index is 12.7. The van der Waals surface area contributed by atoms with Crippen molar-refractivity contribution in [1.82, 2.24) is 4.98 Å². The van der Waals surface area contributed by atoms with Crippen molar-refractivity contribution in [3.05, 3.63) is 67.5 Å². The molecule has 0 atom stereocenters. The quantitative estimate of drug-likeness (QED) is 0.649. The van der Waals surface area contributed by atoms with Gasteiger partial charge < -0.3 is 18.9 Å². The van der Waals surface area contributed by atoms with Crippen molar-refractivity contribution < 1.29 is 27.5 Å². The summed E-state index contributed by atoms with van der Waals surface area (Å²) in [5, 5.41) is 0. The number of alkyl halides is 2. The summed E-state index contributed by atoms with van der Waals surface area (Å²) in [6.07, 6.45) is 3.98. The Labute approximate surface area is 155 Å². The summed E-state index contributed by atoms with van der Waals surface area (Å²) in [5.41, 5.74) is -0.227. The first kappa shape index (κ1) is 18.6. The van der Waals surface area contributed by atoms with Gasteiger partial charge >= 0.3 is 6.61 Å². The highest BCUT2D eigenvalue weighted by Gasteiger charge is 2.14. The van der Waals surface area contributed by atoms with E-state index in [1.165, 1.54) is 43.7 Å². The largest absolute Gasteiger partial charge is 0.493 e. The molecule has 1 aromatic carbocycles. The third kappa shape index (κ3) is 4.32. The van der Waals surface area contributed by atoms with E-state index in [0.29, 0.717) is 4.66 Å². The molecule has 0 radical (unpaired) electrons. The molecule has 0 spiro atoms. The van der Waals surface area contributed by atoms with Crippen LogP contribution in [-0.4, -0.2) is 24.5 Å². The first-order valence-corrected chi connectivity index (χ1v) is 8.42. The maximum atomic E-state index is 12.7. The van der Waals surface area contributed by atoms with Crippen molar-refractivity contribution in [1.29, 1.82) is 0 Å². The number of H-pyrrole nitrogens is 1. The predicted molar refractivity (Wildman–Crippen MR) is 94.9 cm³/mol. The van der Waals surface area contributed by atoms with Crippen molar-refractivity contribution >= 4 is 29.3 Å². The van der Waals surface area contributed by atoms with Gasteiger partial charge in [-0.1, -0.05) is 12.1 Å². The molecule has 0 bridgehead atoms. The number of nitrogens with one attached hydrogen (secondary N) is 1. The maximum Gasteiger partial charge on any atom is 0.387 e. The van der Waals surface area contributed by atoms with Gasteiger partial charge in [-0.05, 0) is 24.3 Å². The van der Waals surface area contributed by atoms with E-state index < -0.39 is 18.0 Å². The van der Waals surface area contributed by atoms with Gasteiger partial charge in [0, 0.05) is 11.6 Å². The minimum atomic E-state index is -3.05. The van der Waals surface area contributed by atoms with E-state index in [1.54, 1.807) is 12.1 Å². The van der Waals surface area contributed by atoms with Crippen LogP contribution < -0.4 is 24.2 Å². The average molecular weight is 393 g/mol. The first-order valence-electron chi connectivity index (χ1n) is 7.60. The number of benzene rings is 1. The Morgan fingerprint density at radius 3 is 2.78 bits per heavy atom. The van der Waals surface area contributed by atoms with Gasteiger partial charge in [0.15, 0.2) is 17.3 Å². The van der Waals surface area contributed by atoms with Gasteiger partial charge in [-0.25, -0.2) is 0 Å². The number of thiazole rings is 1. The van der Waals surface area contributed by atoms with Gasteiger partial charge in [0.2, 0.25) is 5.78 Å². The number of halogens is 2. The normalized spacial score (nSPS) is 12.6. The SMILES string of the molecule is COc1cccc(/C=c2\s/c(=C\C(=O)c3ccco3)[nH]c2=O)c1OC(F)F. The van der Waals surface area contributed by atoms with Crippen LogP contribution >= 0.6 is 11.3 Å². The lowest BCUT2D eigenvalue weighted by Crippen LogP contribution is -2.20. The Hall–Kier alpha value is -3.20. The van der Waals surface area contributed by atoms with Gasteiger partial charge in [-0.3, -0.25) is 9.59 Å². The number of rotatable bonds is 6. The van der Waals surface area contributed by atoms with E-state index >= 15 is 0 Å². The first-order chi connectivity index (χ1) is 13.0. The fourth-order valence-corrected chi connectivity index (χ4v) is 3.17. The van der Waals surface area contributed by atoms with Gasteiger partial charge in [-0.15, -0.1) is 11.3 Å². The summed E-state index contributed by atoms with van der Waals surface area (Å²) in [5.74, 6) is -0.348. The van der Waals surface area contributed by atoms with E-state index in [1.807, 2.05) is 0 Å². The number of hydrogen-bond donors (Lipinski definition) is 1. The van der Waals surface area contributed by atoms with Crippen molar-refractivity contribution in [3.63, 3.8) is 0 Å². The molecule has 2 heterocycles. The van der Waals surface area contributed by atoms with Crippen molar-refractivity contribution in [3.8, 4) is 11.5 Å². The molecule has 0 aliphatic carbocycles. The zero-order chi connectivity index (χ0) is 19.4. The highest BCUT2D eigenvalue weighted by molar-refractivity contribution is 7.07. The third-order valence-corrected chi connectivity index (χ3v) is 4.39. The topological polar surface area (TPSA) is 81.5 Å². The van der Waals surface area contributed by atoms with Crippen molar-refractivity contribution in [2.45, 2.75) is 6.61 Å². The molecular formula is C18H13F2NO5S. The molecule has 140 valence electrons. The van der Waals surface area contributed by atoms with Crippen LogP contribution in [-0.2, 0) is 0 Å². The Morgan fingerprint density at radius 1 is 1.30 bits per heavy atom. The number of aromatic nitrogens is 1. The highest BCUT2D eigenvalue weighted by Crippen LogP contribution is 2.32. The molecule has 0 aliphatic heterocycles. The number of furan rings is 1. The number of aromatic amines is 1. The molecule has 0 saturated heterocycles. The zero-order valence-corrected chi connectivity index (χ0v) is 14.7. The summed E-state index contributed by atoms with van der Waals surface area (Å²) in [6, 6.07) is 7.64. The molecule has 0 fully saturated rings. The van der Waals surface area contributed by atoms with Crippen molar-refractivity contribution in [2.75, 3.05) is 7.11 Å². The third-order valence-electron chi connectivity index (χ3n) is 3.43. The number of para-hydroxylation sites is 1. The zero-order valence-electron chi connectivity index (χ0n) is 13.9. The standard InChI is InChI=1S/C18H13F2NO5S/c1-24-13-5-2-4-10(16(13)26-18(19)20)8-14-17(23)21-15(27-14)9-11(22)12-6-3-7-25-12/h2-9,18H,1H3,(H,21,23)/b14-8-,15-9-. The average Bonchev–Trinajstić information content (AvgIpc) is 3.26. The summed E-state index contributed by atoms with van der Waals surface area (Å²) in [6.45, 7) is -3.05. The van der Waals surface area contributed by atoms with Gasteiger partial charge in [0.25, 0.3) is 5.56 Å². The Morgan fingerprint density at radius 2 is 2.11 bits per heavy atom. The van der Waals surface area contributed by atoms with Gasteiger partial charge in [0.05, 0.1) is 22.6 Å². The number of ether oxygens (including phenoxy) is 2. The monoisotopic (exact) mass is 393 g/mol. The Kier molecular flexibility index (Phi) is 5.51. The van der Waals surface area contributed by atoms with Crippen LogP contribution in [0.25, 0.3) is 12.2 Å². The van der Waals surface area contributed by atoms with Crippen LogP contribution in [0.4, 0.5) is 8.78 Å². The molecule has 0 saturated carbocycles. The molecule has 9 heteroatoms. The van der Waals surface area contributed by atoms with Crippen LogP contribution in [0.15, 0.2) is 45.8 Å². The van der Waals surface area contributed by atoms with Crippen LogP contribution in [0.2, 0.25) is 0 Å². The minimum Gasteiger partial charge on any atom is -0.493 e. The number of Topliss-reactive ketones (excluding diaryl/α,β-unsaturated/α-hetero) is 1. The molecule has 27 heavy (non-hydrogen) atoms. The second-order valence-corrected chi connectivity index (χ2v) is 6.26. The molecule has 3 aromatic rings. The summed E-state index contributed by atoms with van der Waals surface area (Å²) < 4.78 is 40.5. The molecule has 6 nitrogen and oxygen atoms in total. The van der Waals surface area contributed by atoms with E-state index in [4.69, 9.17) is 9.15 Å². The minimum absolute atomic E-state index is 0.108. The highest BCUT2D eigenvalue weighted by atomic mass is 32.1. The Balaban J connectivity index is 2.05. The van der Waals surface area contributed by atoms with Gasteiger partial charge in [0.1, 0.15) is 0 Å². The number of hydrogen-bond acceptors (Lipinski definition) is 6. The van der Waals surface area contributed by atoms with E-state index in [9.17, 15) is 18.4 Å². The summed E-state index contributed by atoms with van der Waals surface area (Å²) in [4.78, 5) is 26.7. The molecule has 1 N–H and O–H groups in total. The van der Waals surface area contributed by atoms with Crippen molar-refractivity contribution in [2.24, 2.45) is 0 Å². The van der Waals surface area contributed by atoms with Crippen LogP contribution in [0.5, 0.6) is 11.5 Å². The molecule has 0 unspecified atom stereocenters. The van der Waals surface area contributed by atoms with Crippen LogP contribution in [0.1, 0.15) is 16.1 Å². The second kappa shape index (κ2) is 8.00. The number of methoxy groups -OCH3 is 1. The number of carbonyl (C=O) groups excluding carboxylic acids is 1. The lowest BCUT2D eigenvalue weighted by atomic mass is 10.2. The fraction of sp³-hybridized carbons (Fsp3) is 0.111. The molecular weight excluding hydrogens is 380 g/mol.